The molecule has 0 aliphatic heterocycles. The largest absolute Gasteiger partial charge is 0.355 e. The Kier molecular flexibility index (Phi) is 7.22. The maximum Gasteiger partial charge on any atom is 0.230 e. The summed E-state index contributed by atoms with van der Waals surface area (Å²) in [5.74, 6) is 0.799. The minimum Gasteiger partial charge on any atom is -0.355 e. The van der Waals surface area contributed by atoms with Crippen molar-refractivity contribution < 1.29 is 4.79 Å². The summed E-state index contributed by atoms with van der Waals surface area (Å²) in [6.07, 6.45) is 1.70. The molecule has 0 radical (unpaired) electrons. The standard InChI is InChI=1S/C20H20ClN5OS/c1-26(13-15-7-3-2-4-8-15)18-11-17(21)24-20(25-18)28-14-19(27)23-12-16-9-5-6-10-22-16/h2-11H,12-14H2,1H3,(H,23,27). The highest BCUT2D eigenvalue weighted by Gasteiger charge is 2.11. The number of carbonyl (C=O) groups is 1. The topological polar surface area (TPSA) is 71.0 Å². The van der Waals surface area contributed by atoms with Gasteiger partial charge in [-0.25, -0.2) is 9.97 Å². The minimum absolute atomic E-state index is 0.113. The summed E-state index contributed by atoms with van der Waals surface area (Å²) in [6.45, 7) is 1.09. The zero-order chi connectivity index (χ0) is 19.8. The fourth-order valence-corrected chi connectivity index (χ4v) is 3.37. The molecular formula is C20H20ClN5OS. The predicted octanol–water partition coefficient (Wildman–Crippen LogP) is 3.57. The van der Waals surface area contributed by atoms with Crippen molar-refractivity contribution in [3.8, 4) is 0 Å². The highest BCUT2D eigenvalue weighted by Crippen LogP contribution is 2.22. The highest BCUT2D eigenvalue weighted by molar-refractivity contribution is 7.99. The SMILES string of the molecule is CN(Cc1ccccc1)c1cc(Cl)nc(SCC(=O)NCc2ccccn2)n1. The van der Waals surface area contributed by atoms with E-state index in [-0.39, 0.29) is 11.7 Å². The fourth-order valence-electron chi connectivity index (χ4n) is 2.46. The molecule has 0 spiro atoms. The van der Waals surface area contributed by atoms with Crippen LogP contribution in [-0.2, 0) is 17.9 Å². The van der Waals surface area contributed by atoms with E-state index in [0.717, 1.165) is 5.69 Å². The number of halogens is 1. The van der Waals surface area contributed by atoms with Gasteiger partial charge in [0.15, 0.2) is 5.16 Å². The lowest BCUT2D eigenvalue weighted by atomic mass is 10.2. The highest BCUT2D eigenvalue weighted by atomic mass is 35.5. The molecule has 1 aromatic carbocycles. The molecule has 6 nitrogen and oxygen atoms in total. The van der Waals surface area contributed by atoms with Crippen LogP contribution >= 0.6 is 23.4 Å². The summed E-state index contributed by atoms with van der Waals surface area (Å²) in [4.78, 5) is 27.0. The van der Waals surface area contributed by atoms with Gasteiger partial charge in [0.2, 0.25) is 5.91 Å². The van der Waals surface area contributed by atoms with E-state index in [2.05, 4.69) is 32.4 Å². The van der Waals surface area contributed by atoms with E-state index in [1.54, 1.807) is 12.3 Å². The molecular weight excluding hydrogens is 394 g/mol. The third-order valence-corrected chi connectivity index (χ3v) is 4.88. The van der Waals surface area contributed by atoms with Gasteiger partial charge in [0, 0.05) is 25.9 Å². The number of thioether (sulfide) groups is 1. The second kappa shape index (κ2) is 10.1. The van der Waals surface area contributed by atoms with Crippen LogP contribution in [0.2, 0.25) is 5.15 Å². The van der Waals surface area contributed by atoms with E-state index in [1.165, 1.54) is 17.3 Å². The van der Waals surface area contributed by atoms with Crippen LogP contribution in [-0.4, -0.2) is 33.7 Å². The zero-order valence-corrected chi connectivity index (χ0v) is 17.0. The van der Waals surface area contributed by atoms with Gasteiger partial charge in [-0.1, -0.05) is 59.8 Å². The van der Waals surface area contributed by atoms with Crippen molar-refractivity contribution in [3.63, 3.8) is 0 Å². The van der Waals surface area contributed by atoms with Crippen molar-refractivity contribution in [1.29, 1.82) is 0 Å². The number of amides is 1. The molecule has 28 heavy (non-hydrogen) atoms. The number of hydrogen-bond acceptors (Lipinski definition) is 6. The molecule has 0 aliphatic rings. The number of rotatable bonds is 8. The van der Waals surface area contributed by atoms with Crippen molar-refractivity contribution in [2.45, 2.75) is 18.2 Å². The monoisotopic (exact) mass is 413 g/mol. The van der Waals surface area contributed by atoms with Crippen molar-refractivity contribution in [2.75, 3.05) is 17.7 Å². The average molecular weight is 414 g/mol. The van der Waals surface area contributed by atoms with Crippen LogP contribution in [0.3, 0.4) is 0 Å². The van der Waals surface area contributed by atoms with Crippen molar-refractivity contribution in [3.05, 3.63) is 77.2 Å². The maximum atomic E-state index is 12.1. The van der Waals surface area contributed by atoms with Crippen LogP contribution in [0.15, 0.2) is 66.0 Å². The molecule has 8 heteroatoms. The molecule has 0 atom stereocenters. The van der Waals surface area contributed by atoms with E-state index in [1.807, 2.05) is 48.3 Å². The first-order valence-electron chi connectivity index (χ1n) is 8.69. The molecule has 144 valence electrons. The number of nitrogens with zero attached hydrogens (tertiary/aromatic N) is 4. The van der Waals surface area contributed by atoms with Gasteiger partial charge in [-0.2, -0.15) is 0 Å². The number of anilines is 1. The summed E-state index contributed by atoms with van der Waals surface area (Å²) >= 11 is 7.40. The Bertz CT molecular complexity index is 911. The van der Waals surface area contributed by atoms with Crippen molar-refractivity contribution in [1.82, 2.24) is 20.3 Å². The van der Waals surface area contributed by atoms with Gasteiger partial charge >= 0.3 is 0 Å². The van der Waals surface area contributed by atoms with Gasteiger partial charge in [-0.3, -0.25) is 9.78 Å². The molecule has 2 aromatic heterocycles. The quantitative estimate of drug-likeness (QED) is 0.346. The second-order valence-electron chi connectivity index (χ2n) is 6.06. The van der Waals surface area contributed by atoms with Gasteiger partial charge in [0.25, 0.3) is 0 Å². The Morgan fingerprint density at radius 2 is 1.93 bits per heavy atom. The van der Waals surface area contributed by atoms with Gasteiger partial charge < -0.3 is 10.2 Å². The summed E-state index contributed by atoms with van der Waals surface area (Å²) in [6, 6.07) is 17.4. The molecule has 2 heterocycles. The lowest BCUT2D eigenvalue weighted by Crippen LogP contribution is -2.25. The molecule has 0 aliphatic carbocycles. The Hall–Kier alpha value is -2.64. The number of carbonyl (C=O) groups excluding carboxylic acids is 1. The predicted molar refractivity (Wildman–Crippen MR) is 112 cm³/mol. The van der Waals surface area contributed by atoms with Crippen LogP contribution in [0.1, 0.15) is 11.3 Å². The van der Waals surface area contributed by atoms with Crippen LogP contribution in [0.25, 0.3) is 0 Å². The molecule has 1 amide bonds. The smallest absolute Gasteiger partial charge is 0.230 e. The van der Waals surface area contributed by atoms with E-state index in [4.69, 9.17) is 11.6 Å². The van der Waals surface area contributed by atoms with Gasteiger partial charge in [0.05, 0.1) is 18.0 Å². The van der Waals surface area contributed by atoms with Crippen LogP contribution < -0.4 is 10.2 Å². The second-order valence-corrected chi connectivity index (χ2v) is 7.39. The maximum absolute atomic E-state index is 12.1. The summed E-state index contributed by atoms with van der Waals surface area (Å²) in [5, 5.41) is 3.65. The number of nitrogens with one attached hydrogen (secondary N) is 1. The number of benzene rings is 1. The Morgan fingerprint density at radius 3 is 2.68 bits per heavy atom. The summed E-state index contributed by atoms with van der Waals surface area (Å²) in [5.41, 5.74) is 1.98. The third kappa shape index (κ3) is 6.21. The first-order chi connectivity index (χ1) is 13.6. The third-order valence-electron chi connectivity index (χ3n) is 3.84. The van der Waals surface area contributed by atoms with E-state index in [0.29, 0.717) is 29.2 Å². The van der Waals surface area contributed by atoms with E-state index >= 15 is 0 Å². The van der Waals surface area contributed by atoms with Gasteiger partial charge in [-0.05, 0) is 17.7 Å². The Balaban J connectivity index is 1.56. The average Bonchev–Trinajstić information content (AvgIpc) is 2.72. The van der Waals surface area contributed by atoms with E-state index < -0.39 is 0 Å². The molecule has 0 fully saturated rings. The van der Waals surface area contributed by atoms with E-state index in [9.17, 15) is 4.79 Å². The lowest BCUT2D eigenvalue weighted by molar-refractivity contribution is -0.118. The molecule has 3 rings (SSSR count). The number of hydrogen-bond donors (Lipinski definition) is 1. The molecule has 0 bridgehead atoms. The fraction of sp³-hybridized carbons (Fsp3) is 0.200. The van der Waals surface area contributed by atoms with Crippen LogP contribution in [0.4, 0.5) is 5.82 Å². The van der Waals surface area contributed by atoms with Gasteiger partial charge in [0.1, 0.15) is 11.0 Å². The minimum atomic E-state index is -0.113. The zero-order valence-electron chi connectivity index (χ0n) is 15.4. The first kappa shape index (κ1) is 20.1. The first-order valence-corrected chi connectivity index (χ1v) is 10.1. The molecule has 0 unspecified atom stereocenters. The molecule has 0 saturated carbocycles. The van der Waals surface area contributed by atoms with Crippen molar-refractivity contribution in [2.24, 2.45) is 0 Å². The summed E-state index contributed by atoms with van der Waals surface area (Å²) in [7, 11) is 1.94. The molecule has 1 N–H and O–H groups in total. The lowest BCUT2D eigenvalue weighted by Gasteiger charge is -2.18. The molecule has 3 aromatic rings. The number of pyridine rings is 1. The normalized spacial score (nSPS) is 10.5. The van der Waals surface area contributed by atoms with Crippen molar-refractivity contribution >= 4 is 35.1 Å². The molecule has 0 saturated heterocycles. The number of aromatic nitrogens is 3. The van der Waals surface area contributed by atoms with Crippen LogP contribution in [0.5, 0.6) is 0 Å². The summed E-state index contributed by atoms with van der Waals surface area (Å²) < 4.78 is 0. The Labute approximate surface area is 173 Å². The van der Waals surface area contributed by atoms with Crippen LogP contribution in [0, 0.1) is 0 Å². The Morgan fingerprint density at radius 1 is 1.14 bits per heavy atom. The van der Waals surface area contributed by atoms with Gasteiger partial charge in [-0.15, -0.1) is 0 Å².